The Labute approximate surface area is 98.5 Å². The molecule has 0 bridgehead atoms. The van der Waals surface area contributed by atoms with E-state index in [4.69, 9.17) is 0 Å². The minimum absolute atomic E-state index is 0.206. The van der Waals surface area contributed by atoms with Gasteiger partial charge in [0.1, 0.15) is 11.4 Å². The van der Waals surface area contributed by atoms with E-state index < -0.39 is 0 Å². The first-order valence-corrected chi connectivity index (χ1v) is 5.65. The minimum atomic E-state index is 0.206. The van der Waals surface area contributed by atoms with E-state index in [1.54, 1.807) is 22.9 Å². The van der Waals surface area contributed by atoms with Crippen LogP contribution in [0.25, 0.3) is 5.69 Å². The average molecular weight is 228 g/mol. The molecule has 3 rings (SSSR count). The summed E-state index contributed by atoms with van der Waals surface area (Å²) < 4.78 is 1.77. The van der Waals surface area contributed by atoms with Gasteiger partial charge in [-0.3, -0.25) is 4.79 Å². The third kappa shape index (κ3) is 1.53. The lowest BCUT2D eigenvalue weighted by atomic mass is 10.2. The number of aromatic nitrogens is 2. The number of hydrogen-bond acceptors (Lipinski definition) is 3. The van der Waals surface area contributed by atoms with Gasteiger partial charge in [0, 0.05) is 17.3 Å². The number of nitrogens with zero attached hydrogens (tertiary/aromatic N) is 2. The van der Waals surface area contributed by atoms with Gasteiger partial charge in [0.25, 0.3) is 0 Å². The van der Waals surface area contributed by atoms with Crippen LogP contribution in [-0.2, 0) is 12.8 Å². The molecule has 0 aliphatic heterocycles. The second-order valence-electron chi connectivity index (χ2n) is 4.21. The molecule has 1 aliphatic rings. The van der Waals surface area contributed by atoms with Crippen molar-refractivity contribution >= 4 is 6.29 Å². The summed E-state index contributed by atoms with van der Waals surface area (Å²) in [4.78, 5) is 11.0. The number of hydrogen-bond donors (Lipinski definition) is 1. The lowest BCUT2D eigenvalue weighted by molar-refractivity contribution is 0.111. The molecule has 0 radical (unpaired) electrons. The van der Waals surface area contributed by atoms with Crippen molar-refractivity contribution in [2.24, 2.45) is 0 Å². The molecule has 0 saturated carbocycles. The van der Waals surface area contributed by atoms with Crippen molar-refractivity contribution in [1.82, 2.24) is 9.78 Å². The number of fused-ring (bicyclic) bond motifs is 1. The number of rotatable bonds is 2. The molecule has 0 spiro atoms. The quantitative estimate of drug-likeness (QED) is 0.798. The summed E-state index contributed by atoms with van der Waals surface area (Å²) in [6.07, 6.45) is 3.73. The van der Waals surface area contributed by atoms with Gasteiger partial charge in [-0.15, -0.1) is 0 Å². The highest BCUT2D eigenvalue weighted by atomic mass is 16.3. The first-order valence-electron chi connectivity index (χ1n) is 5.65. The number of phenolic OH excluding ortho intramolecular Hbond substituents is 1. The molecule has 86 valence electrons. The zero-order chi connectivity index (χ0) is 11.8. The third-order valence-electron chi connectivity index (χ3n) is 3.15. The van der Waals surface area contributed by atoms with E-state index in [0.29, 0.717) is 5.69 Å². The van der Waals surface area contributed by atoms with Gasteiger partial charge < -0.3 is 5.11 Å². The maximum Gasteiger partial charge on any atom is 0.170 e. The first kappa shape index (κ1) is 10.1. The summed E-state index contributed by atoms with van der Waals surface area (Å²) in [5, 5.41) is 13.8. The molecule has 0 atom stereocenters. The molecular weight excluding hydrogens is 216 g/mol. The predicted octanol–water partition coefficient (Wildman–Crippen LogP) is 1.88. The summed E-state index contributed by atoms with van der Waals surface area (Å²) in [6, 6.07) is 6.92. The van der Waals surface area contributed by atoms with Crippen LogP contribution in [0, 0.1) is 0 Å². The smallest absolute Gasteiger partial charge is 0.170 e. The molecule has 4 heteroatoms. The predicted molar refractivity (Wildman–Crippen MR) is 62.6 cm³/mol. The van der Waals surface area contributed by atoms with Crippen LogP contribution in [0.2, 0.25) is 0 Å². The maximum atomic E-state index is 11.0. The van der Waals surface area contributed by atoms with Crippen molar-refractivity contribution in [3.05, 3.63) is 41.2 Å². The van der Waals surface area contributed by atoms with Crippen molar-refractivity contribution in [3.8, 4) is 11.4 Å². The Balaban J connectivity index is 2.18. The molecule has 1 aromatic carbocycles. The average Bonchev–Trinajstić information content (AvgIpc) is 2.89. The number of aldehydes is 1. The van der Waals surface area contributed by atoms with Crippen LogP contribution in [0.5, 0.6) is 5.75 Å². The van der Waals surface area contributed by atoms with Crippen LogP contribution >= 0.6 is 0 Å². The molecule has 2 aromatic rings. The van der Waals surface area contributed by atoms with Crippen molar-refractivity contribution in [2.45, 2.75) is 19.3 Å². The van der Waals surface area contributed by atoms with Gasteiger partial charge in [-0.25, -0.2) is 4.68 Å². The van der Waals surface area contributed by atoms with E-state index in [1.165, 1.54) is 0 Å². The van der Waals surface area contributed by atoms with Crippen molar-refractivity contribution < 1.29 is 9.90 Å². The largest absolute Gasteiger partial charge is 0.508 e. The SMILES string of the molecule is O=Cc1nn(-c2cccc(O)c2)c2c1CCC2. The van der Waals surface area contributed by atoms with Crippen molar-refractivity contribution in [1.29, 1.82) is 0 Å². The zero-order valence-electron chi connectivity index (χ0n) is 9.26. The molecule has 1 heterocycles. The van der Waals surface area contributed by atoms with E-state index in [0.717, 1.165) is 42.5 Å². The summed E-state index contributed by atoms with van der Waals surface area (Å²) in [7, 11) is 0. The number of aromatic hydroxyl groups is 1. The van der Waals surface area contributed by atoms with Gasteiger partial charge in [-0.2, -0.15) is 5.10 Å². The highest BCUT2D eigenvalue weighted by Crippen LogP contribution is 2.27. The summed E-state index contributed by atoms with van der Waals surface area (Å²) in [5.41, 5.74) is 3.48. The topological polar surface area (TPSA) is 55.1 Å². The number of benzene rings is 1. The van der Waals surface area contributed by atoms with Crippen LogP contribution in [0.3, 0.4) is 0 Å². The van der Waals surface area contributed by atoms with Crippen molar-refractivity contribution in [3.63, 3.8) is 0 Å². The molecular formula is C13H12N2O2. The fourth-order valence-corrected chi connectivity index (χ4v) is 2.40. The van der Waals surface area contributed by atoms with E-state index in [1.807, 2.05) is 6.07 Å². The highest BCUT2D eigenvalue weighted by molar-refractivity contribution is 5.75. The van der Waals surface area contributed by atoms with Gasteiger partial charge in [-0.1, -0.05) is 6.07 Å². The Bertz CT molecular complexity index is 587. The van der Waals surface area contributed by atoms with E-state index in [9.17, 15) is 9.90 Å². The van der Waals surface area contributed by atoms with Crippen molar-refractivity contribution in [2.75, 3.05) is 0 Å². The standard InChI is InChI=1S/C13H12N2O2/c16-8-12-11-5-2-6-13(11)15(14-12)9-3-1-4-10(17)7-9/h1,3-4,7-8,17H,2,5-6H2. The van der Waals surface area contributed by atoms with Gasteiger partial charge >= 0.3 is 0 Å². The van der Waals surface area contributed by atoms with Gasteiger partial charge in [0.05, 0.1) is 5.69 Å². The van der Waals surface area contributed by atoms with Crippen LogP contribution in [-0.4, -0.2) is 21.2 Å². The molecule has 4 nitrogen and oxygen atoms in total. The van der Waals surface area contributed by atoms with Gasteiger partial charge in [-0.05, 0) is 31.4 Å². The molecule has 0 saturated heterocycles. The fourth-order valence-electron chi connectivity index (χ4n) is 2.40. The number of carbonyl (C=O) groups is 1. The monoisotopic (exact) mass is 228 g/mol. The molecule has 0 fully saturated rings. The van der Waals surface area contributed by atoms with E-state index >= 15 is 0 Å². The number of carbonyl (C=O) groups excluding carboxylic acids is 1. The summed E-state index contributed by atoms with van der Waals surface area (Å²) >= 11 is 0. The molecule has 1 aromatic heterocycles. The molecule has 0 amide bonds. The normalized spacial score (nSPS) is 13.6. The minimum Gasteiger partial charge on any atom is -0.508 e. The van der Waals surface area contributed by atoms with Crippen LogP contribution in [0.15, 0.2) is 24.3 Å². The van der Waals surface area contributed by atoms with Gasteiger partial charge in [0.2, 0.25) is 0 Å². The highest BCUT2D eigenvalue weighted by Gasteiger charge is 2.22. The van der Waals surface area contributed by atoms with E-state index in [-0.39, 0.29) is 5.75 Å². The Hall–Kier alpha value is -2.10. The fraction of sp³-hybridized carbons (Fsp3) is 0.231. The first-order chi connectivity index (χ1) is 8.29. The second kappa shape index (κ2) is 3.73. The zero-order valence-corrected chi connectivity index (χ0v) is 9.26. The Morgan fingerprint density at radius 1 is 1.35 bits per heavy atom. The summed E-state index contributed by atoms with van der Waals surface area (Å²) in [6.45, 7) is 0. The lowest BCUT2D eigenvalue weighted by Crippen LogP contribution is -2.01. The van der Waals surface area contributed by atoms with Crippen LogP contribution < -0.4 is 0 Å². The van der Waals surface area contributed by atoms with E-state index in [2.05, 4.69) is 5.10 Å². The maximum absolute atomic E-state index is 11.0. The summed E-state index contributed by atoms with van der Waals surface area (Å²) in [5.74, 6) is 0.206. The second-order valence-corrected chi connectivity index (χ2v) is 4.21. The van der Waals surface area contributed by atoms with Gasteiger partial charge in [0.15, 0.2) is 6.29 Å². The van der Waals surface area contributed by atoms with Crippen LogP contribution in [0.1, 0.15) is 28.2 Å². The molecule has 0 unspecified atom stereocenters. The third-order valence-corrected chi connectivity index (χ3v) is 3.15. The van der Waals surface area contributed by atoms with Crippen LogP contribution in [0.4, 0.5) is 0 Å². The molecule has 1 N–H and O–H groups in total. The number of phenols is 1. The molecule has 17 heavy (non-hydrogen) atoms. The lowest BCUT2D eigenvalue weighted by Gasteiger charge is -2.05. The Morgan fingerprint density at radius 3 is 3.00 bits per heavy atom. The Kier molecular flexibility index (Phi) is 2.21. The molecule has 1 aliphatic carbocycles. The Morgan fingerprint density at radius 2 is 2.24 bits per heavy atom.